The molecule has 150 valence electrons. The number of benzene rings is 2. The maximum atomic E-state index is 11.7. The van der Waals surface area contributed by atoms with Crippen molar-refractivity contribution in [3.8, 4) is 11.5 Å². The second kappa shape index (κ2) is 9.74. The number of amides is 1. The van der Waals surface area contributed by atoms with Gasteiger partial charge in [0.1, 0.15) is 11.9 Å². The Hall–Kier alpha value is -3.33. The summed E-state index contributed by atoms with van der Waals surface area (Å²) in [6, 6.07) is 15.2. The molecule has 1 heterocycles. The molecule has 0 aliphatic carbocycles. The number of hydrogen-bond acceptors (Lipinski definition) is 7. The molecule has 0 aromatic heterocycles. The molecular formula is C20H19N3O5S. The van der Waals surface area contributed by atoms with Crippen molar-refractivity contribution in [3.63, 3.8) is 0 Å². The first kappa shape index (κ1) is 20.4. The maximum Gasteiger partial charge on any atom is 0.305 e. The van der Waals surface area contributed by atoms with Crippen molar-refractivity contribution in [1.29, 1.82) is 0 Å². The SMILES string of the molecule is COc1cc(C=N/N=C2/NC(=O)[C@H](CC(=O)O)S2)ccc1OCc1ccccc1. The number of carbonyl (C=O) groups excluding carboxylic acids is 1. The summed E-state index contributed by atoms with van der Waals surface area (Å²) >= 11 is 1.05. The summed E-state index contributed by atoms with van der Waals surface area (Å²) in [7, 11) is 1.55. The Bertz CT molecular complexity index is 946. The Labute approximate surface area is 171 Å². The zero-order valence-corrected chi connectivity index (χ0v) is 16.4. The van der Waals surface area contributed by atoms with Crippen molar-refractivity contribution in [2.75, 3.05) is 7.11 Å². The standard InChI is InChI=1S/C20H19N3O5S/c1-27-16-9-14(7-8-15(16)28-12-13-5-3-2-4-6-13)11-21-23-20-22-19(26)17(29-20)10-18(24)25/h2-9,11,17H,10,12H2,1H3,(H,24,25)(H,22,23,26)/t17-/m0/s1. The van der Waals surface area contributed by atoms with E-state index in [1.807, 2.05) is 30.3 Å². The van der Waals surface area contributed by atoms with Crippen molar-refractivity contribution < 1.29 is 24.2 Å². The molecule has 0 unspecified atom stereocenters. The number of carboxylic acid groups (broad SMARTS) is 1. The van der Waals surface area contributed by atoms with Gasteiger partial charge in [-0.25, -0.2) is 0 Å². The first-order valence-electron chi connectivity index (χ1n) is 8.70. The van der Waals surface area contributed by atoms with E-state index in [2.05, 4.69) is 15.5 Å². The summed E-state index contributed by atoms with van der Waals surface area (Å²) in [4.78, 5) is 22.4. The van der Waals surface area contributed by atoms with Crippen LogP contribution >= 0.6 is 11.8 Å². The van der Waals surface area contributed by atoms with E-state index in [4.69, 9.17) is 14.6 Å². The number of rotatable bonds is 8. The Balaban J connectivity index is 1.62. The van der Waals surface area contributed by atoms with Crippen LogP contribution in [0.4, 0.5) is 0 Å². The Kier molecular flexibility index (Phi) is 6.85. The van der Waals surface area contributed by atoms with Gasteiger partial charge in [-0.2, -0.15) is 5.10 Å². The van der Waals surface area contributed by atoms with Crippen LogP contribution in [-0.2, 0) is 16.2 Å². The van der Waals surface area contributed by atoms with Crippen LogP contribution in [0.2, 0.25) is 0 Å². The number of carbonyl (C=O) groups is 2. The van der Waals surface area contributed by atoms with E-state index < -0.39 is 11.2 Å². The van der Waals surface area contributed by atoms with Crippen LogP contribution in [0.3, 0.4) is 0 Å². The molecule has 8 nitrogen and oxygen atoms in total. The summed E-state index contributed by atoms with van der Waals surface area (Å²) in [5.74, 6) is -0.255. The van der Waals surface area contributed by atoms with Crippen molar-refractivity contribution in [1.82, 2.24) is 5.32 Å². The predicted octanol–water partition coefficient (Wildman–Crippen LogP) is 2.67. The molecule has 2 aromatic carbocycles. The molecule has 2 aromatic rings. The first-order valence-corrected chi connectivity index (χ1v) is 9.58. The number of aliphatic carboxylic acids is 1. The highest BCUT2D eigenvalue weighted by Crippen LogP contribution is 2.28. The number of amidine groups is 1. The number of thioether (sulfide) groups is 1. The minimum atomic E-state index is -1.04. The van der Waals surface area contributed by atoms with Gasteiger partial charge in [-0.1, -0.05) is 42.1 Å². The fourth-order valence-electron chi connectivity index (χ4n) is 2.51. The Morgan fingerprint density at radius 1 is 1.24 bits per heavy atom. The zero-order chi connectivity index (χ0) is 20.6. The van der Waals surface area contributed by atoms with E-state index in [1.54, 1.807) is 25.3 Å². The number of nitrogens with one attached hydrogen (secondary N) is 1. The lowest BCUT2D eigenvalue weighted by Crippen LogP contribution is -2.26. The van der Waals surface area contributed by atoms with Gasteiger partial charge in [-0.15, -0.1) is 5.10 Å². The van der Waals surface area contributed by atoms with Crippen molar-refractivity contribution in [3.05, 3.63) is 59.7 Å². The first-order chi connectivity index (χ1) is 14.0. The lowest BCUT2D eigenvalue weighted by Gasteiger charge is -2.11. The quantitative estimate of drug-likeness (QED) is 0.509. The molecule has 29 heavy (non-hydrogen) atoms. The van der Waals surface area contributed by atoms with Crippen molar-refractivity contribution >= 4 is 35.0 Å². The summed E-state index contributed by atoms with van der Waals surface area (Å²) in [6.45, 7) is 0.423. The van der Waals surface area contributed by atoms with Gasteiger partial charge in [0.2, 0.25) is 5.91 Å². The van der Waals surface area contributed by atoms with Crippen LogP contribution < -0.4 is 14.8 Å². The van der Waals surface area contributed by atoms with Crippen LogP contribution in [0.1, 0.15) is 17.5 Å². The molecule has 1 aliphatic rings. The second-order valence-corrected chi connectivity index (χ2v) is 7.22. The van der Waals surface area contributed by atoms with Gasteiger partial charge in [0.25, 0.3) is 0 Å². The molecule has 1 atom stereocenters. The van der Waals surface area contributed by atoms with Gasteiger partial charge in [0.05, 0.1) is 19.7 Å². The van der Waals surface area contributed by atoms with Crippen LogP contribution in [0.25, 0.3) is 0 Å². The average Bonchev–Trinajstić information content (AvgIpc) is 3.06. The fraction of sp³-hybridized carbons (Fsp3) is 0.200. The third-order valence-electron chi connectivity index (χ3n) is 3.92. The van der Waals surface area contributed by atoms with Gasteiger partial charge < -0.3 is 19.9 Å². The predicted molar refractivity (Wildman–Crippen MR) is 111 cm³/mol. The summed E-state index contributed by atoms with van der Waals surface area (Å²) in [6.07, 6.45) is 1.24. The van der Waals surface area contributed by atoms with Crippen molar-refractivity contribution in [2.45, 2.75) is 18.3 Å². The zero-order valence-electron chi connectivity index (χ0n) is 15.6. The molecule has 0 spiro atoms. The van der Waals surface area contributed by atoms with E-state index in [-0.39, 0.29) is 17.5 Å². The molecule has 1 fully saturated rings. The van der Waals surface area contributed by atoms with Crippen LogP contribution in [0.5, 0.6) is 11.5 Å². The maximum absolute atomic E-state index is 11.7. The summed E-state index contributed by atoms with van der Waals surface area (Å²) in [5, 5.41) is 18.8. The second-order valence-electron chi connectivity index (χ2n) is 6.03. The highest BCUT2D eigenvalue weighted by atomic mass is 32.2. The normalized spacial score (nSPS) is 17.5. The molecular weight excluding hydrogens is 394 g/mol. The molecule has 1 aliphatic heterocycles. The lowest BCUT2D eigenvalue weighted by atomic mass is 10.2. The largest absolute Gasteiger partial charge is 0.493 e. The topological polar surface area (TPSA) is 110 Å². The van der Waals surface area contributed by atoms with E-state index in [1.165, 1.54) is 6.21 Å². The molecule has 0 bridgehead atoms. The number of methoxy groups -OCH3 is 1. The summed E-state index contributed by atoms with van der Waals surface area (Å²) < 4.78 is 11.2. The number of hydrogen-bond donors (Lipinski definition) is 2. The van der Waals surface area contributed by atoms with Gasteiger partial charge in [0, 0.05) is 0 Å². The van der Waals surface area contributed by atoms with E-state index in [0.29, 0.717) is 18.1 Å². The molecule has 0 saturated carbocycles. The summed E-state index contributed by atoms with van der Waals surface area (Å²) in [5.41, 5.74) is 1.78. The van der Waals surface area contributed by atoms with Gasteiger partial charge in [-0.3, -0.25) is 9.59 Å². The molecule has 1 amide bonds. The molecule has 3 rings (SSSR count). The minimum Gasteiger partial charge on any atom is -0.493 e. The van der Waals surface area contributed by atoms with Gasteiger partial charge in [-0.05, 0) is 29.3 Å². The minimum absolute atomic E-state index is 0.263. The smallest absolute Gasteiger partial charge is 0.305 e. The van der Waals surface area contributed by atoms with Gasteiger partial charge >= 0.3 is 5.97 Å². The number of ether oxygens (including phenoxy) is 2. The van der Waals surface area contributed by atoms with Crippen LogP contribution in [-0.4, -0.2) is 40.7 Å². The third-order valence-corrected chi connectivity index (χ3v) is 4.99. The Morgan fingerprint density at radius 2 is 2.03 bits per heavy atom. The molecule has 9 heteroatoms. The average molecular weight is 413 g/mol. The fourth-order valence-corrected chi connectivity index (χ4v) is 3.43. The van der Waals surface area contributed by atoms with Crippen molar-refractivity contribution in [2.24, 2.45) is 10.2 Å². The Morgan fingerprint density at radius 3 is 2.76 bits per heavy atom. The van der Waals surface area contributed by atoms with E-state index in [9.17, 15) is 9.59 Å². The molecule has 2 N–H and O–H groups in total. The molecule has 0 radical (unpaired) electrons. The third kappa shape index (κ3) is 5.82. The van der Waals surface area contributed by atoms with E-state index >= 15 is 0 Å². The van der Waals surface area contributed by atoms with Gasteiger partial charge in [0.15, 0.2) is 16.7 Å². The lowest BCUT2D eigenvalue weighted by molar-refractivity contribution is -0.138. The van der Waals surface area contributed by atoms with E-state index in [0.717, 1.165) is 22.9 Å². The highest BCUT2D eigenvalue weighted by Gasteiger charge is 2.32. The van der Waals surface area contributed by atoms with Crippen LogP contribution in [0, 0.1) is 0 Å². The monoisotopic (exact) mass is 413 g/mol. The van der Waals surface area contributed by atoms with Crippen LogP contribution in [0.15, 0.2) is 58.7 Å². The highest BCUT2D eigenvalue weighted by molar-refractivity contribution is 8.15. The number of carboxylic acids is 1. The number of nitrogens with zero attached hydrogens (tertiary/aromatic N) is 2. The molecule has 1 saturated heterocycles.